The summed E-state index contributed by atoms with van der Waals surface area (Å²) < 4.78 is 13.1. The van der Waals surface area contributed by atoms with Crippen LogP contribution in [0.2, 0.25) is 0 Å². The van der Waals surface area contributed by atoms with Crippen molar-refractivity contribution < 1.29 is 4.39 Å². The van der Waals surface area contributed by atoms with Gasteiger partial charge in [0.2, 0.25) is 0 Å². The van der Waals surface area contributed by atoms with Crippen molar-refractivity contribution in [1.82, 2.24) is 10.3 Å². The molecule has 3 rings (SSSR count). The number of thiocarbonyl (C=S) groups is 1. The minimum atomic E-state index is -0.288. The molecule has 2 heterocycles. The van der Waals surface area contributed by atoms with E-state index in [4.69, 9.17) is 12.2 Å². The standard InChI is InChI=1S/C17H19FN4S/c18-13-4-1-5-15(11-13)22-17(23)20-10-8-14-7-6-12-3-2-9-19-16(12)21-14/h1,4-7,11H,2-3,8-10H2,(H,19,21)(H2,20,22,23). The maximum absolute atomic E-state index is 13.1. The Hall–Kier alpha value is -2.21. The Labute approximate surface area is 140 Å². The molecule has 6 heteroatoms. The lowest BCUT2D eigenvalue weighted by Gasteiger charge is -2.17. The first-order chi connectivity index (χ1) is 11.2. The SMILES string of the molecule is Fc1cccc(NC(=S)NCCc2ccc3c(n2)NCCC3)c1. The third kappa shape index (κ3) is 4.39. The van der Waals surface area contributed by atoms with Gasteiger partial charge in [-0.05, 0) is 54.9 Å². The zero-order chi connectivity index (χ0) is 16.1. The first-order valence-corrected chi connectivity index (χ1v) is 8.14. The third-order valence-corrected chi connectivity index (χ3v) is 3.95. The highest BCUT2D eigenvalue weighted by atomic mass is 32.1. The summed E-state index contributed by atoms with van der Waals surface area (Å²) in [7, 11) is 0. The van der Waals surface area contributed by atoms with Crippen molar-refractivity contribution in [3.63, 3.8) is 0 Å². The number of fused-ring (bicyclic) bond motifs is 1. The van der Waals surface area contributed by atoms with E-state index in [1.165, 1.54) is 17.7 Å². The number of halogens is 1. The van der Waals surface area contributed by atoms with Crippen LogP contribution in [-0.4, -0.2) is 23.2 Å². The minimum absolute atomic E-state index is 0.288. The van der Waals surface area contributed by atoms with E-state index in [9.17, 15) is 4.39 Å². The molecule has 0 bridgehead atoms. The minimum Gasteiger partial charge on any atom is -0.370 e. The van der Waals surface area contributed by atoms with Gasteiger partial charge in [-0.15, -0.1) is 0 Å². The summed E-state index contributed by atoms with van der Waals surface area (Å²) >= 11 is 5.21. The molecular weight excluding hydrogens is 311 g/mol. The first-order valence-electron chi connectivity index (χ1n) is 7.74. The van der Waals surface area contributed by atoms with Gasteiger partial charge in [0.15, 0.2) is 5.11 Å². The molecule has 0 aliphatic carbocycles. The quantitative estimate of drug-likeness (QED) is 0.752. The average molecular weight is 330 g/mol. The number of aromatic nitrogens is 1. The van der Waals surface area contributed by atoms with E-state index in [2.05, 4.69) is 33.1 Å². The maximum atomic E-state index is 13.1. The topological polar surface area (TPSA) is 49.0 Å². The van der Waals surface area contributed by atoms with Gasteiger partial charge in [0, 0.05) is 30.9 Å². The van der Waals surface area contributed by atoms with Crippen molar-refractivity contribution in [2.24, 2.45) is 0 Å². The number of benzene rings is 1. The molecular formula is C17H19FN4S. The molecule has 23 heavy (non-hydrogen) atoms. The molecule has 0 amide bonds. The summed E-state index contributed by atoms with van der Waals surface area (Å²) in [5, 5.41) is 9.90. The van der Waals surface area contributed by atoms with Gasteiger partial charge in [-0.3, -0.25) is 0 Å². The Bertz CT molecular complexity index is 705. The first kappa shape index (κ1) is 15.7. The van der Waals surface area contributed by atoms with Crippen molar-refractivity contribution in [3.05, 3.63) is 53.5 Å². The molecule has 0 spiro atoms. The van der Waals surface area contributed by atoms with E-state index in [0.29, 0.717) is 17.3 Å². The summed E-state index contributed by atoms with van der Waals surface area (Å²) in [6.45, 7) is 1.66. The molecule has 0 unspecified atom stereocenters. The molecule has 1 aromatic heterocycles. The fourth-order valence-electron chi connectivity index (χ4n) is 2.55. The van der Waals surface area contributed by atoms with Crippen LogP contribution in [0.4, 0.5) is 15.9 Å². The largest absolute Gasteiger partial charge is 0.370 e. The van der Waals surface area contributed by atoms with Crippen LogP contribution in [0.25, 0.3) is 0 Å². The number of anilines is 2. The smallest absolute Gasteiger partial charge is 0.170 e. The van der Waals surface area contributed by atoms with Gasteiger partial charge in [-0.2, -0.15) is 0 Å². The van der Waals surface area contributed by atoms with Crippen LogP contribution < -0.4 is 16.0 Å². The Kier molecular flexibility index (Phi) is 5.02. The predicted octanol–water partition coefficient (Wildman–Crippen LogP) is 3.11. The van der Waals surface area contributed by atoms with Crippen molar-refractivity contribution in [2.75, 3.05) is 23.7 Å². The average Bonchev–Trinajstić information content (AvgIpc) is 2.55. The summed E-state index contributed by atoms with van der Waals surface area (Å²) in [6, 6.07) is 10.4. The second-order valence-electron chi connectivity index (χ2n) is 5.48. The van der Waals surface area contributed by atoms with Gasteiger partial charge in [0.25, 0.3) is 0 Å². The molecule has 0 atom stereocenters. The van der Waals surface area contributed by atoms with Crippen molar-refractivity contribution in [2.45, 2.75) is 19.3 Å². The number of nitrogens with zero attached hydrogens (tertiary/aromatic N) is 1. The molecule has 1 aromatic carbocycles. The van der Waals surface area contributed by atoms with E-state index in [-0.39, 0.29) is 5.82 Å². The van der Waals surface area contributed by atoms with Crippen LogP contribution in [0.15, 0.2) is 36.4 Å². The molecule has 3 N–H and O–H groups in total. The lowest BCUT2D eigenvalue weighted by molar-refractivity contribution is 0.628. The van der Waals surface area contributed by atoms with Crippen molar-refractivity contribution in [1.29, 1.82) is 0 Å². The fraction of sp³-hybridized carbons (Fsp3) is 0.294. The van der Waals surface area contributed by atoms with Crippen LogP contribution in [0.3, 0.4) is 0 Å². The second-order valence-corrected chi connectivity index (χ2v) is 5.89. The van der Waals surface area contributed by atoms with E-state index < -0.39 is 0 Å². The highest BCUT2D eigenvalue weighted by Crippen LogP contribution is 2.19. The summed E-state index contributed by atoms with van der Waals surface area (Å²) in [5.74, 6) is 0.720. The van der Waals surface area contributed by atoms with E-state index >= 15 is 0 Å². The lowest BCUT2D eigenvalue weighted by Crippen LogP contribution is -2.30. The normalized spacial score (nSPS) is 12.9. The highest BCUT2D eigenvalue weighted by molar-refractivity contribution is 7.80. The van der Waals surface area contributed by atoms with Gasteiger partial charge >= 0.3 is 0 Å². The number of hydrogen-bond donors (Lipinski definition) is 3. The summed E-state index contributed by atoms with van der Waals surface area (Å²) in [4.78, 5) is 4.64. The Morgan fingerprint density at radius 1 is 1.30 bits per heavy atom. The Morgan fingerprint density at radius 3 is 3.09 bits per heavy atom. The molecule has 0 fully saturated rings. The zero-order valence-corrected chi connectivity index (χ0v) is 13.5. The van der Waals surface area contributed by atoms with Crippen molar-refractivity contribution in [3.8, 4) is 0 Å². The van der Waals surface area contributed by atoms with Gasteiger partial charge in [-0.25, -0.2) is 9.37 Å². The molecule has 120 valence electrons. The van der Waals surface area contributed by atoms with Crippen LogP contribution in [-0.2, 0) is 12.8 Å². The predicted molar refractivity (Wildman–Crippen MR) is 95.4 cm³/mol. The monoisotopic (exact) mass is 330 g/mol. The van der Waals surface area contributed by atoms with E-state index in [0.717, 1.165) is 37.3 Å². The maximum Gasteiger partial charge on any atom is 0.170 e. The van der Waals surface area contributed by atoms with Crippen LogP contribution in [0, 0.1) is 5.82 Å². The Morgan fingerprint density at radius 2 is 2.22 bits per heavy atom. The molecule has 1 aliphatic heterocycles. The molecule has 2 aromatic rings. The molecule has 4 nitrogen and oxygen atoms in total. The van der Waals surface area contributed by atoms with E-state index in [1.54, 1.807) is 12.1 Å². The molecule has 0 saturated carbocycles. The van der Waals surface area contributed by atoms with Crippen molar-refractivity contribution >= 4 is 28.8 Å². The molecule has 1 aliphatic rings. The summed E-state index contributed by atoms with van der Waals surface area (Å²) in [6.07, 6.45) is 3.03. The number of hydrogen-bond acceptors (Lipinski definition) is 3. The number of aryl methyl sites for hydroxylation is 1. The Balaban J connectivity index is 1.48. The van der Waals surface area contributed by atoms with Crippen LogP contribution in [0.5, 0.6) is 0 Å². The van der Waals surface area contributed by atoms with Crippen LogP contribution in [0.1, 0.15) is 17.7 Å². The van der Waals surface area contributed by atoms with Gasteiger partial charge < -0.3 is 16.0 Å². The zero-order valence-electron chi connectivity index (χ0n) is 12.7. The number of pyridine rings is 1. The lowest BCUT2D eigenvalue weighted by atomic mass is 10.1. The number of rotatable bonds is 4. The van der Waals surface area contributed by atoms with Gasteiger partial charge in [0.05, 0.1) is 0 Å². The molecule has 0 radical (unpaired) electrons. The van der Waals surface area contributed by atoms with Gasteiger partial charge in [0.1, 0.15) is 11.6 Å². The highest BCUT2D eigenvalue weighted by Gasteiger charge is 2.10. The second kappa shape index (κ2) is 7.37. The van der Waals surface area contributed by atoms with Gasteiger partial charge in [-0.1, -0.05) is 12.1 Å². The molecule has 0 saturated heterocycles. The fourth-order valence-corrected chi connectivity index (χ4v) is 2.77. The van der Waals surface area contributed by atoms with Crippen LogP contribution >= 0.6 is 12.2 Å². The summed E-state index contributed by atoms with van der Waals surface area (Å²) in [5.41, 5.74) is 2.95. The number of nitrogens with one attached hydrogen (secondary N) is 3. The third-order valence-electron chi connectivity index (χ3n) is 3.70. The van der Waals surface area contributed by atoms with E-state index in [1.807, 2.05) is 0 Å².